The molecule has 1 amide bonds. The summed E-state index contributed by atoms with van der Waals surface area (Å²) in [5.41, 5.74) is 4.16. The zero-order chi connectivity index (χ0) is 34.4. The number of hydrazine groups is 1. The van der Waals surface area contributed by atoms with Crippen molar-refractivity contribution in [1.82, 2.24) is 15.5 Å². The van der Waals surface area contributed by atoms with E-state index in [0.717, 1.165) is 5.17 Å². The molecule has 258 valence electrons. The number of allylic oxidation sites excluding steroid dienone is 2. The van der Waals surface area contributed by atoms with Crippen LogP contribution in [0.1, 0.15) is 70.1 Å². The molecule has 3 heterocycles. The zero-order valence-electron chi connectivity index (χ0n) is 27.0. The Labute approximate surface area is 271 Å². The number of nitrogens with zero attached hydrogens (tertiary/aromatic N) is 3. The Kier molecular flexibility index (Phi) is 11.5. The van der Waals surface area contributed by atoms with Crippen molar-refractivity contribution in [1.29, 1.82) is 5.26 Å². The van der Waals surface area contributed by atoms with Crippen molar-refractivity contribution < 1.29 is 51.3 Å². The van der Waals surface area contributed by atoms with Crippen LogP contribution in [0.3, 0.4) is 0 Å². The number of carbonyl (C=O) groups excluding carboxylic acids is 2. The van der Waals surface area contributed by atoms with Gasteiger partial charge in [0, 0.05) is 43.5 Å². The number of halogens is 3. The van der Waals surface area contributed by atoms with Crippen molar-refractivity contribution in [2.75, 3.05) is 39.0 Å². The van der Waals surface area contributed by atoms with Gasteiger partial charge in [0.15, 0.2) is 6.79 Å². The summed E-state index contributed by atoms with van der Waals surface area (Å²) >= 11 is 0. The first-order valence-corrected chi connectivity index (χ1v) is 15.2. The molecule has 2 N–H and O–H groups in total. The molecule has 3 aliphatic heterocycles. The number of anilines is 1. The molecule has 47 heavy (non-hydrogen) atoms. The number of esters is 1. The summed E-state index contributed by atoms with van der Waals surface area (Å²) in [4.78, 5) is 32.9. The van der Waals surface area contributed by atoms with Gasteiger partial charge in [-0.1, -0.05) is 6.07 Å². The van der Waals surface area contributed by atoms with Crippen molar-refractivity contribution in [3.05, 3.63) is 46.4 Å². The SMILES string of the molecule is CCOC(=O)[C@@H]1CC[C@@H](Nc2ccc3c(c2C#N)COCCCC2=C3N(OCOC)NC(OC(F)(F)F)=C2)CN1C(=O)OC(C)(C)C. The number of nitriles is 1. The fraction of sp³-hybridized carbons (Fsp3) is 0.581. The second-order valence-electron chi connectivity index (χ2n) is 12.0. The summed E-state index contributed by atoms with van der Waals surface area (Å²) in [5.74, 6) is -1.12. The largest absolute Gasteiger partial charge is 0.574 e. The number of ether oxygens (including phenoxy) is 5. The van der Waals surface area contributed by atoms with E-state index in [4.69, 9.17) is 23.8 Å². The number of piperidine rings is 1. The highest BCUT2D eigenvalue weighted by molar-refractivity contribution is 5.82. The van der Waals surface area contributed by atoms with Gasteiger partial charge in [0.25, 0.3) is 0 Å². The Morgan fingerprint density at radius 3 is 2.64 bits per heavy atom. The van der Waals surface area contributed by atoms with Crippen molar-refractivity contribution in [2.45, 2.75) is 84.0 Å². The van der Waals surface area contributed by atoms with Crippen molar-refractivity contribution in [3.8, 4) is 6.07 Å². The lowest BCUT2D eigenvalue weighted by molar-refractivity contribution is -0.316. The molecule has 1 saturated heterocycles. The van der Waals surface area contributed by atoms with Gasteiger partial charge in [-0.15, -0.1) is 13.2 Å². The summed E-state index contributed by atoms with van der Waals surface area (Å²) in [6, 6.07) is 4.44. The number of fused-ring (bicyclic) bond motifs is 2. The highest BCUT2D eigenvalue weighted by Gasteiger charge is 2.40. The summed E-state index contributed by atoms with van der Waals surface area (Å²) in [6.45, 7) is 7.14. The number of carbonyl (C=O) groups is 2. The van der Waals surface area contributed by atoms with Gasteiger partial charge < -0.3 is 29.0 Å². The first-order chi connectivity index (χ1) is 22.2. The molecule has 1 aromatic carbocycles. The number of methoxy groups -OCH3 is 1. The third-order valence-corrected chi connectivity index (χ3v) is 7.34. The molecule has 0 radical (unpaired) electrons. The van der Waals surface area contributed by atoms with Crippen LogP contribution in [-0.4, -0.2) is 79.8 Å². The van der Waals surface area contributed by atoms with E-state index in [-0.39, 0.29) is 44.8 Å². The maximum atomic E-state index is 13.2. The maximum Gasteiger partial charge on any atom is 0.574 e. The fourth-order valence-corrected chi connectivity index (χ4v) is 5.52. The van der Waals surface area contributed by atoms with E-state index in [9.17, 15) is 28.0 Å². The molecule has 0 spiro atoms. The second-order valence-corrected chi connectivity index (χ2v) is 12.0. The molecule has 13 nitrogen and oxygen atoms in total. The van der Waals surface area contributed by atoms with Crippen molar-refractivity contribution in [3.63, 3.8) is 0 Å². The normalized spacial score (nSPS) is 20.3. The quantitative estimate of drug-likeness (QED) is 0.283. The van der Waals surface area contributed by atoms with E-state index in [1.807, 2.05) is 0 Å². The molecule has 0 unspecified atom stereocenters. The molecular formula is C31H40F3N5O8. The third-order valence-electron chi connectivity index (χ3n) is 7.34. The lowest BCUT2D eigenvalue weighted by atomic mass is 9.93. The van der Waals surface area contributed by atoms with E-state index in [1.54, 1.807) is 39.8 Å². The number of rotatable bonds is 8. The van der Waals surface area contributed by atoms with Gasteiger partial charge in [0.1, 0.15) is 17.7 Å². The number of benzene rings is 1. The molecule has 0 aliphatic carbocycles. The van der Waals surface area contributed by atoms with Crippen LogP contribution in [-0.2, 0) is 39.9 Å². The fourth-order valence-electron chi connectivity index (χ4n) is 5.52. The topological polar surface area (TPSA) is 144 Å². The average Bonchev–Trinajstić information content (AvgIpc) is 3.07. The molecule has 0 bridgehead atoms. The third kappa shape index (κ3) is 9.21. The van der Waals surface area contributed by atoms with Crippen molar-refractivity contribution in [2.24, 2.45) is 0 Å². The molecule has 0 saturated carbocycles. The molecule has 16 heteroatoms. The smallest absolute Gasteiger partial charge is 0.464 e. The monoisotopic (exact) mass is 667 g/mol. The van der Waals surface area contributed by atoms with Gasteiger partial charge >= 0.3 is 18.4 Å². The Balaban J connectivity index is 1.71. The molecule has 1 aromatic rings. The van der Waals surface area contributed by atoms with Gasteiger partial charge in [-0.2, -0.15) is 10.4 Å². The van der Waals surface area contributed by atoms with Crippen LogP contribution in [0.25, 0.3) is 5.70 Å². The van der Waals surface area contributed by atoms with Crippen LogP contribution >= 0.6 is 0 Å². The highest BCUT2D eigenvalue weighted by Crippen LogP contribution is 2.38. The molecular weight excluding hydrogens is 627 g/mol. The minimum Gasteiger partial charge on any atom is -0.464 e. The summed E-state index contributed by atoms with van der Waals surface area (Å²) < 4.78 is 65.3. The standard InChI is InChI=1S/C31H40F3N5O8/c1-6-44-28(40)25-12-9-20(16-38(25)29(41)47-30(2,3)4)36-24-11-10-21-23(22(24)15-35)17-43-13-7-8-19-14-26(46-31(32,33)34)37-39(27(19)21)45-18-42-5/h10-11,14,20,25,36-37H,6-9,12-13,16-18H2,1-5H3/t20-,25+/m1/s1. The lowest BCUT2D eigenvalue weighted by Crippen LogP contribution is -2.55. The summed E-state index contributed by atoms with van der Waals surface area (Å²) in [7, 11) is 1.36. The Hall–Kier alpha value is -4.20. The predicted molar refractivity (Wildman–Crippen MR) is 160 cm³/mol. The Bertz CT molecular complexity index is 1420. The number of hydrogen-bond donors (Lipinski definition) is 2. The summed E-state index contributed by atoms with van der Waals surface area (Å²) in [6.07, 6.45) is -2.80. The van der Waals surface area contributed by atoms with Gasteiger partial charge in [-0.05, 0) is 65.0 Å². The van der Waals surface area contributed by atoms with Gasteiger partial charge in [-0.25, -0.2) is 19.9 Å². The van der Waals surface area contributed by atoms with Gasteiger partial charge in [0.2, 0.25) is 5.88 Å². The van der Waals surface area contributed by atoms with E-state index in [0.29, 0.717) is 53.8 Å². The van der Waals surface area contributed by atoms with E-state index < -0.39 is 36.0 Å². The number of amides is 1. The van der Waals surface area contributed by atoms with Crippen LogP contribution in [0.2, 0.25) is 0 Å². The first-order valence-electron chi connectivity index (χ1n) is 15.2. The maximum absolute atomic E-state index is 13.2. The first kappa shape index (κ1) is 35.7. The van der Waals surface area contributed by atoms with E-state index in [1.165, 1.54) is 18.1 Å². The average molecular weight is 668 g/mol. The van der Waals surface area contributed by atoms with Gasteiger partial charge in [-0.3, -0.25) is 4.90 Å². The minimum atomic E-state index is -4.95. The van der Waals surface area contributed by atoms with Crippen molar-refractivity contribution >= 4 is 23.4 Å². The van der Waals surface area contributed by atoms with E-state index in [2.05, 4.69) is 21.5 Å². The van der Waals surface area contributed by atoms with E-state index >= 15 is 0 Å². The van der Waals surface area contributed by atoms with Crippen LogP contribution in [0.4, 0.5) is 23.7 Å². The molecule has 1 fully saturated rings. The van der Waals surface area contributed by atoms with Crippen LogP contribution < -0.4 is 10.7 Å². The second kappa shape index (κ2) is 15.1. The summed E-state index contributed by atoms with van der Waals surface area (Å²) in [5, 5.41) is 14.8. The number of hydroxylamine groups is 1. The Morgan fingerprint density at radius 2 is 1.98 bits per heavy atom. The zero-order valence-corrected chi connectivity index (χ0v) is 27.0. The van der Waals surface area contributed by atoms with Crippen LogP contribution in [0.5, 0.6) is 0 Å². The Morgan fingerprint density at radius 1 is 1.21 bits per heavy atom. The number of likely N-dealkylation sites (tertiary alicyclic amines) is 1. The van der Waals surface area contributed by atoms with Crippen LogP contribution in [0.15, 0.2) is 29.7 Å². The number of alkyl halides is 3. The molecule has 0 aromatic heterocycles. The van der Waals surface area contributed by atoms with Gasteiger partial charge in [0.05, 0.1) is 30.2 Å². The minimum absolute atomic E-state index is 0.0257. The molecule has 3 aliphatic rings. The number of nitrogens with one attached hydrogen (secondary N) is 2. The van der Waals surface area contributed by atoms with Crippen LogP contribution in [0, 0.1) is 11.3 Å². The lowest BCUT2D eigenvalue weighted by Gasteiger charge is -2.39. The number of hydrogen-bond acceptors (Lipinski definition) is 12. The molecule has 4 rings (SSSR count). The highest BCUT2D eigenvalue weighted by atomic mass is 19.4. The molecule has 2 atom stereocenters. The predicted octanol–water partition coefficient (Wildman–Crippen LogP) is 5.06.